The van der Waals surface area contributed by atoms with E-state index < -0.39 is 0 Å². The minimum absolute atomic E-state index is 0.410. The number of hydrogen-bond acceptors (Lipinski definition) is 1. The van der Waals surface area contributed by atoms with Crippen LogP contribution in [0.5, 0.6) is 0 Å². The lowest BCUT2D eigenvalue weighted by atomic mass is 9.98. The summed E-state index contributed by atoms with van der Waals surface area (Å²) in [5.74, 6) is 1.14. The molecule has 11 heavy (non-hydrogen) atoms. The van der Waals surface area contributed by atoms with Gasteiger partial charge >= 0.3 is 0 Å². The first-order valence-corrected chi connectivity index (χ1v) is 4.72. The fourth-order valence-electron chi connectivity index (χ4n) is 1.22. The second kappa shape index (κ2) is 6.38. The molecule has 1 nitrogen and oxygen atoms in total. The second-order valence-electron chi connectivity index (χ2n) is 3.32. The van der Waals surface area contributed by atoms with Crippen LogP contribution in [0, 0.1) is 5.92 Å². The van der Waals surface area contributed by atoms with Gasteiger partial charge in [-0.2, -0.15) is 0 Å². The number of hydrogen-bond donors (Lipinski definition) is 0. The molecule has 0 rings (SSSR count). The Kier molecular flexibility index (Phi) is 6.19. The average molecular weight is 156 g/mol. The Balaban J connectivity index is 3.29. The molecule has 0 aromatic heterocycles. The lowest BCUT2D eigenvalue weighted by molar-refractivity contribution is -0.119. The second-order valence-corrected chi connectivity index (χ2v) is 3.32. The van der Waals surface area contributed by atoms with Crippen molar-refractivity contribution in [2.24, 2.45) is 5.92 Å². The van der Waals surface area contributed by atoms with Gasteiger partial charge in [0.05, 0.1) is 0 Å². The van der Waals surface area contributed by atoms with E-state index in [1.807, 2.05) is 6.92 Å². The van der Waals surface area contributed by atoms with E-state index in [1.54, 1.807) is 0 Å². The van der Waals surface area contributed by atoms with Gasteiger partial charge in [-0.3, -0.25) is 4.79 Å². The van der Waals surface area contributed by atoms with E-state index in [0.717, 1.165) is 18.8 Å². The summed E-state index contributed by atoms with van der Waals surface area (Å²) < 4.78 is 0. The van der Waals surface area contributed by atoms with Gasteiger partial charge in [-0.15, -0.1) is 0 Å². The highest BCUT2D eigenvalue weighted by Gasteiger charge is 2.03. The minimum Gasteiger partial charge on any atom is -0.300 e. The highest BCUT2D eigenvalue weighted by atomic mass is 16.1. The molecule has 0 aliphatic heterocycles. The third-order valence-electron chi connectivity index (χ3n) is 2.09. The third-order valence-corrected chi connectivity index (χ3v) is 2.09. The van der Waals surface area contributed by atoms with Crippen molar-refractivity contribution in [1.82, 2.24) is 0 Å². The number of ketones is 1. The van der Waals surface area contributed by atoms with Crippen molar-refractivity contribution >= 4 is 5.78 Å². The highest BCUT2D eigenvalue weighted by molar-refractivity contribution is 5.77. The van der Waals surface area contributed by atoms with Crippen molar-refractivity contribution in [3.05, 3.63) is 0 Å². The van der Waals surface area contributed by atoms with Crippen molar-refractivity contribution in [2.45, 2.75) is 52.9 Å². The molecule has 0 aromatic carbocycles. The summed E-state index contributed by atoms with van der Waals surface area (Å²) in [4.78, 5) is 10.9. The van der Waals surface area contributed by atoms with Gasteiger partial charge in [0.2, 0.25) is 0 Å². The molecule has 1 atom stereocenters. The molecule has 0 N–H and O–H groups in total. The Bertz CT molecular complexity index is 107. The van der Waals surface area contributed by atoms with Crippen LogP contribution in [0.15, 0.2) is 0 Å². The highest BCUT2D eigenvalue weighted by Crippen LogP contribution is 2.12. The zero-order valence-corrected chi connectivity index (χ0v) is 8.02. The summed E-state index contributed by atoms with van der Waals surface area (Å²) in [5, 5.41) is 0. The molecule has 66 valence electrons. The van der Waals surface area contributed by atoms with Gasteiger partial charge in [-0.1, -0.05) is 33.6 Å². The summed E-state index contributed by atoms with van der Waals surface area (Å²) in [6.07, 6.45) is 5.08. The Morgan fingerprint density at radius 2 is 1.91 bits per heavy atom. The van der Waals surface area contributed by atoms with Crippen molar-refractivity contribution < 1.29 is 4.79 Å². The Morgan fingerprint density at radius 1 is 1.27 bits per heavy atom. The Hall–Kier alpha value is -0.330. The van der Waals surface area contributed by atoms with Crippen LogP contribution in [0.25, 0.3) is 0 Å². The molecule has 0 bridgehead atoms. The molecule has 0 aliphatic rings. The largest absolute Gasteiger partial charge is 0.300 e. The molecule has 0 unspecified atom stereocenters. The fraction of sp³-hybridized carbons (Fsp3) is 0.900. The van der Waals surface area contributed by atoms with Crippen LogP contribution in [0.3, 0.4) is 0 Å². The zero-order valence-electron chi connectivity index (χ0n) is 8.02. The lowest BCUT2D eigenvalue weighted by Crippen LogP contribution is -2.00. The van der Waals surface area contributed by atoms with Gasteiger partial charge in [0.1, 0.15) is 5.78 Å². The van der Waals surface area contributed by atoms with Crippen LogP contribution in [-0.4, -0.2) is 5.78 Å². The first-order chi connectivity index (χ1) is 5.20. The molecule has 1 heteroatoms. The average Bonchev–Trinajstić information content (AvgIpc) is 2.01. The third kappa shape index (κ3) is 6.08. The van der Waals surface area contributed by atoms with Crippen LogP contribution >= 0.6 is 0 Å². The summed E-state index contributed by atoms with van der Waals surface area (Å²) in [7, 11) is 0. The molecular weight excluding hydrogens is 136 g/mol. The van der Waals surface area contributed by atoms with Gasteiger partial charge in [0.25, 0.3) is 0 Å². The SMILES string of the molecule is CCC[C@@H](C)CCC(=O)CC. The van der Waals surface area contributed by atoms with Crippen LogP contribution < -0.4 is 0 Å². The minimum atomic E-state index is 0.410. The molecule has 0 amide bonds. The molecule has 0 saturated carbocycles. The topological polar surface area (TPSA) is 17.1 Å². The van der Waals surface area contributed by atoms with E-state index >= 15 is 0 Å². The predicted octanol–water partition coefficient (Wildman–Crippen LogP) is 3.18. The van der Waals surface area contributed by atoms with Crippen LogP contribution in [-0.2, 0) is 4.79 Å². The van der Waals surface area contributed by atoms with Crippen molar-refractivity contribution in [3.8, 4) is 0 Å². The van der Waals surface area contributed by atoms with Gasteiger partial charge in [0.15, 0.2) is 0 Å². The molecular formula is C10H20O. The van der Waals surface area contributed by atoms with E-state index in [4.69, 9.17) is 0 Å². The normalized spacial score (nSPS) is 13.0. The molecule has 0 aliphatic carbocycles. The van der Waals surface area contributed by atoms with E-state index in [2.05, 4.69) is 13.8 Å². The summed E-state index contributed by atoms with van der Waals surface area (Å²) in [6.45, 7) is 6.36. The zero-order chi connectivity index (χ0) is 8.69. The maximum atomic E-state index is 10.9. The summed E-state index contributed by atoms with van der Waals surface area (Å²) in [5.41, 5.74) is 0. The molecule has 0 radical (unpaired) electrons. The van der Waals surface area contributed by atoms with Crippen molar-refractivity contribution in [3.63, 3.8) is 0 Å². The number of carbonyl (C=O) groups is 1. The molecule has 0 heterocycles. The van der Waals surface area contributed by atoms with Crippen LogP contribution in [0.4, 0.5) is 0 Å². The maximum Gasteiger partial charge on any atom is 0.132 e. The van der Waals surface area contributed by atoms with Crippen LogP contribution in [0.1, 0.15) is 52.9 Å². The number of rotatable bonds is 6. The van der Waals surface area contributed by atoms with Crippen LogP contribution in [0.2, 0.25) is 0 Å². The molecule has 0 spiro atoms. The van der Waals surface area contributed by atoms with E-state index in [9.17, 15) is 4.79 Å². The first-order valence-electron chi connectivity index (χ1n) is 4.72. The van der Waals surface area contributed by atoms with E-state index in [-0.39, 0.29) is 0 Å². The predicted molar refractivity (Wildman–Crippen MR) is 48.6 cm³/mol. The molecule has 0 aromatic rings. The smallest absolute Gasteiger partial charge is 0.132 e. The Labute approximate surface area is 70.2 Å². The quantitative estimate of drug-likeness (QED) is 0.577. The van der Waals surface area contributed by atoms with E-state index in [0.29, 0.717) is 12.2 Å². The monoisotopic (exact) mass is 156 g/mol. The van der Waals surface area contributed by atoms with Crippen molar-refractivity contribution in [2.75, 3.05) is 0 Å². The Morgan fingerprint density at radius 3 is 2.36 bits per heavy atom. The standard InChI is InChI=1S/C10H20O/c1-4-6-9(3)7-8-10(11)5-2/h9H,4-8H2,1-3H3/t9-/m1/s1. The van der Waals surface area contributed by atoms with Crippen molar-refractivity contribution in [1.29, 1.82) is 0 Å². The van der Waals surface area contributed by atoms with Gasteiger partial charge in [0, 0.05) is 12.8 Å². The summed E-state index contributed by atoms with van der Waals surface area (Å²) >= 11 is 0. The summed E-state index contributed by atoms with van der Waals surface area (Å²) in [6, 6.07) is 0. The first kappa shape index (κ1) is 10.7. The maximum absolute atomic E-state index is 10.9. The number of Topliss-reactive ketones (excluding diaryl/α,β-unsaturated/α-hetero) is 1. The van der Waals surface area contributed by atoms with E-state index in [1.165, 1.54) is 12.8 Å². The van der Waals surface area contributed by atoms with Gasteiger partial charge in [-0.25, -0.2) is 0 Å². The lowest BCUT2D eigenvalue weighted by Gasteiger charge is -2.07. The number of carbonyl (C=O) groups excluding carboxylic acids is 1. The van der Waals surface area contributed by atoms with Gasteiger partial charge < -0.3 is 0 Å². The van der Waals surface area contributed by atoms with Gasteiger partial charge in [-0.05, 0) is 12.3 Å². The fourth-order valence-corrected chi connectivity index (χ4v) is 1.22. The molecule has 0 fully saturated rings. The molecule has 0 saturated heterocycles.